The largest absolute Gasteiger partial charge is 0.508 e. The van der Waals surface area contributed by atoms with Crippen LogP contribution in [0.5, 0.6) is 5.75 Å². The number of carbonyl (C=O) groups excluding carboxylic acids is 1. The Balaban J connectivity index is 0.00000132. The molecule has 0 aliphatic rings. The molecule has 4 aromatic rings. The quantitative estimate of drug-likeness (QED) is 0.401. The van der Waals surface area contributed by atoms with Crippen LogP contribution in [0.2, 0.25) is 0 Å². The second-order valence-corrected chi connectivity index (χ2v) is 7.63. The van der Waals surface area contributed by atoms with Gasteiger partial charge in [0.15, 0.2) is 5.82 Å². The minimum atomic E-state index is -0.140. The summed E-state index contributed by atoms with van der Waals surface area (Å²) in [5.41, 5.74) is 4.24. The van der Waals surface area contributed by atoms with Gasteiger partial charge in [0.2, 0.25) is 5.91 Å². The molecule has 0 radical (unpaired) electrons. The molecule has 1 amide bonds. The number of amides is 1. The molecule has 2 aromatic carbocycles. The highest BCUT2D eigenvalue weighted by molar-refractivity contribution is 7.13. The molecule has 0 saturated carbocycles. The summed E-state index contributed by atoms with van der Waals surface area (Å²) in [7, 11) is 0. The molecule has 0 unspecified atom stereocenters. The Kier molecular flexibility index (Phi) is 7.51. The third kappa shape index (κ3) is 5.77. The van der Waals surface area contributed by atoms with Crippen molar-refractivity contribution in [2.75, 3.05) is 5.32 Å². The van der Waals surface area contributed by atoms with E-state index in [0.717, 1.165) is 21.6 Å². The molecule has 0 saturated heterocycles. The number of thiophene rings is 1. The molecule has 2 heterocycles. The maximum Gasteiger partial charge on any atom is 0.230 e. The standard InChI is InChI=1S/C23H19N3O2S.C2H6/c1-15-4-6-16(7-5-15)13-21(28)26-23-22(20-3-2-12-29-20)25-19(14-24-23)17-8-10-18(27)11-9-17;1-2/h2-12,14,27H,13H2,1H3,(H,24,26,28);1-2H3. The molecule has 6 heteroatoms. The van der Waals surface area contributed by atoms with Crippen LogP contribution in [0.3, 0.4) is 0 Å². The highest BCUT2D eigenvalue weighted by atomic mass is 32.1. The number of anilines is 1. The van der Waals surface area contributed by atoms with Gasteiger partial charge in [-0.1, -0.05) is 49.7 Å². The molecule has 158 valence electrons. The van der Waals surface area contributed by atoms with Crippen LogP contribution in [0.1, 0.15) is 25.0 Å². The number of aromatic hydroxyl groups is 1. The molecular weight excluding hydrogens is 406 g/mol. The van der Waals surface area contributed by atoms with Crippen molar-refractivity contribution >= 4 is 23.1 Å². The van der Waals surface area contributed by atoms with Crippen LogP contribution >= 0.6 is 11.3 Å². The van der Waals surface area contributed by atoms with Gasteiger partial charge in [0.25, 0.3) is 0 Å². The van der Waals surface area contributed by atoms with Crippen molar-refractivity contribution < 1.29 is 9.90 Å². The van der Waals surface area contributed by atoms with E-state index >= 15 is 0 Å². The molecule has 2 aromatic heterocycles. The van der Waals surface area contributed by atoms with Crippen LogP contribution < -0.4 is 5.32 Å². The summed E-state index contributed by atoms with van der Waals surface area (Å²) in [6.45, 7) is 6.02. The summed E-state index contributed by atoms with van der Waals surface area (Å²) in [4.78, 5) is 22.7. The van der Waals surface area contributed by atoms with Gasteiger partial charge in [-0.15, -0.1) is 11.3 Å². The van der Waals surface area contributed by atoms with Gasteiger partial charge >= 0.3 is 0 Å². The minimum Gasteiger partial charge on any atom is -0.508 e. The molecule has 0 aliphatic heterocycles. The van der Waals surface area contributed by atoms with E-state index in [2.05, 4.69) is 10.3 Å². The van der Waals surface area contributed by atoms with E-state index in [1.807, 2.05) is 62.5 Å². The van der Waals surface area contributed by atoms with Crippen molar-refractivity contribution in [1.29, 1.82) is 0 Å². The zero-order chi connectivity index (χ0) is 22.2. The van der Waals surface area contributed by atoms with Crippen molar-refractivity contribution in [3.63, 3.8) is 0 Å². The Morgan fingerprint density at radius 2 is 1.74 bits per heavy atom. The highest BCUT2D eigenvalue weighted by Gasteiger charge is 2.15. The van der Waals surface area contributed by atoms with E-state index in [-0.39, 0.29) is 18.1 Å². The number of phenols is 1. The molecule has 0 atom stereocenters. The van der Waals surface area contributed by atoms with Gasteiger partial charge in [-0.05, 0) is 48.2 Å². The molecule has 4 rings (SSSR count). The molecule has 5 nitrogen and oxygen atoms in total. The summed E-state index contributed by atoms with van der Waals surface area (Å²) in [6, 6.07) is 18.6. The fraction of sp³-hybridized carbons (Fsp3) is 0.160. The van der Waals surface area contributed by atoms with Crippen LogP contribution in [0, 0.1) is 6.92 Å². The molecule has 0 fully saturated rings. The number of aryl methyl sites for hydroxylation is 1. The first-order chi connectivity index (χ1) is 15.1. The number of nitrogens with zero attached hydrogens (tertiary/aromatic N) is 2. The van der Waals surface area contributed by atoms with E-state index in [0.29, 0.717) is 17.2 Å². The molecule has 31 heavy (non-hydrogen) atoms. The van der Waals surface area contributed by atoms with Crippen LogP contribution in [-0.4, -0.2) is 21.0 Å². The van der Waals surface area contributed by atoms with Gasteiger partial charge < -0.3 is 10.4 Å². The number of hydrogen-bond donors (Lipinski definition) is 2. The monoisotopic (exact) mass is 431 g/mol. The number of benzene rings is 2. The van der Waals surface area contributed by atoms with Crippen molar-refractivity contribution in [3.8, 4) is 27.6 Å². The lowest BCUT2D eigenvalue weighted by Crippen LogP contribution is -2.16. The highest BCUT2D eigenvalue weighted by Crippen LogP contribution is 2.31. The average molecular weight is 432 g/mol. The number of aromatic nitrogens is 2. The molecule has 2 N–H and O–H groups in total. The summed E-state index contributed by atoms with van der Waals surface area (Å²) in [5, 5.41) is 14.4. The Morgan fingerprint density at radius 1 is 1.03 bits per heavy atom. The van der Waals surface area contributed by atoms with Crippen molar-refractivity contribution in [2.24, 2.45) is 0 Å². The van der Waals surface area contributed by atoms with Crippen LogP contribution in [0.15, 0.2) is 72.2 Å². The predicted octanol–water partition coefficient (Wildman–Crippen LogP) is 6.09. The summed E-state index contributed by atoms with van der Waals surface area (Å²) in [5.74, 6) is 0.491. The second-order valence-electron chi connectivity index (χ2n) is 6.69. The SMILES string of the molecule is CC.Cc1ccc(CC(=O)Nc2ncc(-c3ccc(O)cc3)nc2-c2cccs2)cc1. The van der Waals surface area contributed by atoms with Gasteiger partial charge in [0.1, 0.15) is 11.4 Å². The second kappa shape index (κ2) is 10.5. The average Bonchev–Trinajstić information content (AvgIpc) is 3.32. The minimum absolute atomic E-state index is 0.140. The lowest BCUT2D eigenvalue weighted by molar-refractivity contribution is -0.115. The molecule has 0 spiro atoms. The van der Waals surface area contributed by atoms with Crippen molar-refractivity contribution in [2.45, 2.75) is 27.2 Å². The smallest absolute Gasteiger partial charge is 0.230 e. The first kappa shape index (κ1) is 22.2. The Bertz CT molecular complexity index is 1120. The van der Waals surface area contributed by atoms with Gasteiger partial charge in [-0.2, -0.15) is 0 Å². The van der Waals surface area contributed by atoms with E-state index in [1.165, 1.54) is 11.3 Å². The lowest BCUT2D eigenvalue weighted by Gasteiger charge is -2.11. The zero-order valence-electron chi connectivity index (χ0n) is 17.8. The maximum absolute atomic E-state index is 12.6. The molecular formula is C25H25N3O2S. The number of hydrogen-bond acceptors (Lipinski definition) is 5. The van der Waals surface area contributed by atoms with Gasteiger partial charge in [-0.25, -0.2) is 9.97 Å². The van der Waals surface area contributed by atoms with Gasteiger partial charge in [0.05, 0.1) is 23.2 Å². The first-order valence-electron chi connectivity index (χ1n) is 10.1. The van der Waals surface area contributed by atoms with Crippen LogP contribution in [0.25, 0.3) is 21.8 Å². The summed E-state index contributed by atoms with van der Waals surface area (Å²) >= 11 is 1.54. The van der Waals surface area contributed by atoms with Gasteiger partial charge in [0, 0.05) is 5.56 Å². The summed E-state index contributed by atoms with van der Waals surface area (Å²) < 4.78 is 0. The van der Waals surface area contributed by atoms with E-state index < -0.39 is 0 Å². The van der Waals surface area contributed by atoms with Gasteiger partial charge in [-0.3, -0.25) is 4.79 Å². The third-order valence-electron chi connectivity index (χ3n) is 4.43. The van der Waals surface area contributed by atoms with Crippen LogP contribution in [-0.2, 0) is 11.2 Å². The zero-order valence-corrected chi connectivity index (χ0v) is 18.6. The summed E-state index contributed by atoms with van der Waals surface area (Å²) in [6.07, 6.45) is 1.90. The van der Waals surface area contributed by atoms with E-state index in [1.54, 1.807) is 30.5 Å². The van der Waals surface area contributed by atoms with Crippen LogP contribution in [0.4, 0.5) is 5.82 Å². The Hall–Kier alpha value is -3.51. The molecule has 0 aliphatic carbocycles. The van der Waals surface area contributed by atoms with E-state index in [4.69, 9.17) is 4.98 Å². The van der Waals surface area contributed by atoms with E-state index in [9.17, 15) is 9.90 Å². The number of carbonyl (C=O) groups is 1. The topological polar surface area (TPSA) is 75.1 Å². The predicted molar refractivity (Wildman–Crippen MR) is 127 cm³/mol. The number of phenolic OH excluding ortho intramolecular Hbond substituents is 1. The van der Waals surface area contributed by atoms with Crippen molar-refractivity contribution in [3.05, 3.63) is 83.4 Å². The Labute approximate surface area is 186 Å². The van der Waals surface area contributed by atoms with Crippen molar-refractivity contribution in [1.82, 2.24) is 9.97 Å². The third-order valence-corrected chi connectivity index (χ3v) is 5.31. The Morgan fingerprint density at radius 3 is 2.39 bits per heavy atom. The number of rotatable bonds is 5. The normalized spacial score (nSPS) is 10.2. The fourth-order valence-corrected chi connectivity index (χ4v) is 3.62. The number of nitrogens with one attached hydrogen (secondary N) is 1. The molecule has 0 bridgehead atoms. The first-order valence-corrected chi connectivity index (χ1v) is 11.0. The fourth-order valence-electron chi connectivity index (χ4n) is 2.90. The maximum atomic E-state index is 12.6. The lowest BCUT2D eigenvalue weighted by atomic mass is 10.1.